The maximum absolute atomic E-state index is 11.0. The van der Waals surface area contributed by atoms with Crippen LogP contribution in [0.4, 0.5) is 5.82 Å². The van der Waals surface area contributed by atoms with E-state index in [1.807, 2.05) is 6.07 Å². The Labute approximate surface area is 116 Å². The molecule has 2 N–H and O–H groups in total. The topological polar surface area (TPSA) is 71.5 Å². The number of benzene rings is 1. The fraction of sp³-hybridized carbons (Fsp3) is 0.333. The molecule has 104 valence electrons. The second-order valence-electron chi connectivity index (χ2n) is 4.92. The molecule has 1 saturated heterocycles. The van der Waals surface area contributed by atoms with Crippen molar-refractivity contribution in [1.29, 1.82) is 0 Å². The van der Waals surface area contributed by atoms with Crippen molar-refractivity contribution in [3.8, 4) is 0 Å². The summed E-state index contributed by atoms with van der Waals surface area (Å²) >= 11 is 0. The number of hydrogen-bond acceptors (Lipinski definition) is 4. The fourth-order valence-electron chi connectivity index (χ4n) is 2.47. The zero-order chi connectivity index (χ0) is 13.9. The molecule has 1 aromatic heterocycles. The molecule has 0 radical (unpaired) electrons. The minimum atomic E-state index is -0.919. The van der Waals surface area contributed by atoms with Crippen molar-refractivity contribution in [2.24, 2.45) is 0 Å². The highest BCUT2D eigenvalue weighted by atomic mass is 16.5. The molecular formula is C15H16N2O3. The maximum atomic E-state index is 11.0. The molecule has 1 aromatic carbocycles. The van der Waals surface area contributed by atoms with E-state index in [2.05, 4.69) is 10.3 Å². The molecule has 5 nitrogen and oxygen atoms in total. The summed E-state index contributed by atoms with van der Waals surface area (Å²) in [5.41, 5.74) is 0.286. The summed E-state index contributed by atoms with van der Waals surface area (Å²) in [5, 5.41) is 14.1. The van der Waals surface area contributed by atoms with E-state index in [0.29, 0.717) is 0 Å². The van der Waals surface area contributed by atoms with Gasteiger partial charge in [-0.15, -0.1) is 0 Å². The lowest BCUT2D eigenvalue weighted by atomic mass is 10.1. The quantitative estimate of drug-likeness (QED) is 0.894. The van der Waals surface area contributed by atoms with Gasteiger partial charge in [-0.3, -0.25) is 0 Å². The summed E-state index contributed by atoms with van der Waals surface area (Å²) in [6.07, 6.45) is 4.11. The largest absolute Gasteiger partial charge is 0.478 e. The van der Waals surface area contributed by atoms with Crippen molar-refractivity contribution in [2.75, 3.05) is 18.5 Å². The van der Waals surface area contributed by atoms with E-state index in [1.54, 1.807) is 24.4 Å². The predicted octanol–water partition coefficient (Wildman–Crippen LogP) is 2.52. The van der Waals surface area contributed by atoms with E-state index in [4.69, 9.17) is 9.84 Å². The van der Waals surface area contributed by atoms with Crippen LogP contribution in [0, 0.1) is 0 Å². The van der Waals surface area contributed by atoms with Gasteiger partial charge >= 0.3 is 5.97 Å². The second-order valence-corrected chi connectivity index (χ2v) is 4.92. The molecule has 20 heavy (non-hydrogen) atoms. The number of carboxylic acids is 1. The fourth-order valence-corrected chi connectivity index (χ4v) is 2.47. The first-order valence-electron chi connectivity index (χ1n) is 6.71. The third-order valence-corrected chi connectivity index (χ3v) is 3.53. The molecule has 1 aliphatic rings. The van der Waals surface area contributed by atoms with Gasteiger partial charge in [0.15, 0.2) is 0 Å². The molecule has 3 rings (SSSR count). The lowest BCUT2D eigenvalue weighted by Gasteiger charge is -2.13. The van der Waals surface area contributed by atoms with Crippen LogP contribution in [0.2, 0.25) is 0 Å². The molecule has 2 heterocycles. The van der Waals surface area contributed by atoms with Crippen molar-refractivity contribution >= 4 is 22.6 Å². The zero-order valence-corrected chi connectivity index (χ0v) is 11.0. The first-order chi connectivity index (χ1) is 9.74. The molecule has 1 aliphatic heterocycles. The molecule has 1 unspecified atom stereocenters. The highest BCUT2D eigenvalue weighted by molar-refractivity contribution is 5.98. The van der Waals surface area contributed by atoms with E-state index in [0.717, 1.165) is 42.6 Å². The van der Waals surface area contributed by atoms with Crippen LogP contribution < -0.4 is 5.32 Å². The Kier molecular flexibility index (Phi) is 3.52. The summed E-state index contributed by atoms with van der Waals surface area (Å²) < 4.78 is 5.57. The number of fused-ring (bicyclic) bond motifs is 1. The molecule has 5 heteroatoms. The highest BCUT2D eigenvalue weighted by Gasteiger charge is 2.15. The van der Waals surface area contributed by atoms with E-state index >= 15 is 0 Å². The average molecular weight is 272 g/mol. The summed E-state index contributed by atoms with van der Waals surface area (Å²) in [6, 6.07) is 6.88. The van der Waals surface area contributed by atoms with Gasteiger partial charge in [0, 0.05) is 24.7 Å². The van der Waals surface area contributed by atoms with Crippen LogP contribution in [0.5, 0.6) is 0 Å². The number of ether oxygens (including phenoxy) is 1. The van der Waals surface area contributed by atoms with Crippen LogP contribution in [0.1, 0.15) is 23.2 Å². The maximum Gasteiger partial charge on any atom is 0.335 e. The van der Waals surface area contributed by atoms with Gasteiger partial charge in [-0.25, -0.2) is 9.78 Å². The number of anilines is 1. The summed E-state index contributed by atoms with van der Waals surface area (Å²) in [4.78, 5) is 15.3. The summed E-state index contributed by atoms with van der Waals surface area (Å²) in [6.45, 7) is 1.56. The van der Waals surface area contributed by atoms with Gasteiger partial charge in [0.1, 0.15) is 5.82 Å². The minimum Gasteiger partial charge on any atom is -0.478 e. The number of rotatable bonds is 4. The molecule has 0 spiro atoms. The van der Waals surface area contributed by atoms with Crippen molar-refractivity contribution in [1.82, 2.24) is 4.98 Å². The number of aromatic nitrogens is 1. The third kappa shape index (κ3) is 2.58. The van der Waals surface area contributed by atoms with Gasteiger partial charge in [0.25, 0.3) is 0 Å². The Hall–Kier alpha value is -2.14. The van der Waals surface area contributed by atoms with E-state index < -0.39 is 5.97 Å². The number of nitrogens with one attached hydrogen (secondary N) is 1. The first kappa shape index (κ1) is 12.9. The lowest BCUT2D eigenvalue weighted by molar-refractivity contribution is 0.0697. The molecule has 0 bridgehead atoms. The predicted molar refractivity (Wildman–Crippen MR) is 76.2 cm³/mol. The van der Waals surface area contributed by atoms with E-state index in [-0.39, 0.29) is 11.7 Å². The van der Waals surface area contributed by atoms with E-state index in [9.17, 15) is 4.79 Å². The van der Waals surface area contributed by atoms with E-state index in [1.165, 1.54) is 0 Å². The summed E-state index contributed by atoms with van der Waals surface area (Å²) in [7, 11) is 0. The Morgan fingerprint density at radius 2 is 2.35 bits per heavy atom. The standard InChI is InChI=1S/C15H16N2O3/c18-15(19)11-3-4-13-10(8-11)5-6-16-14(13)17-9-12-2-1-7-20-12/h3-6,8,12H,1-2,7,9H2,(H,16,17)(H,18,19). The van der Waals surface area contributed by atoms with Crippen LogP contribution in [-0.2, 0) is 4.74 Å². The van der Waals surface area contributed by atoms with Crippen molar-refractivity contribution in [3.05, 3.63) is 36.0 Å². The van der Waals surface area contributed by atoms with Crippen LogP contribution in [0.3, 0.4) is 0 Å². The molecule has 1 fully saturated rings. The SMILES string of the molecule is O=C(O)c1ccc2c(NCC3CCCO3)nccc2c1. The first-order valence-corrected chi connectivity index (χ1v) is 6.71. The Bertz CT molecular complexity index is 636. The Morgan fingerprint density at radius 3 is 3.10 bits per heavy atom. The van der Waals surface area contributed by atoms with Gasteiger partial charge in [-0.2, -0.15) is 0 Å². The summed E-state index contributed by atoms with van der Waals surface area (Å²) in [5.74, 6) is -0.146. The molecule has 0 aliphatic carbocycles. The van der Waals surface area contributed by atoms with Crippen LogP contribution in [0.15, 0.2) is 30.5 Å². The normalized spacial score (nSPS) is 18.3. The third-order valence-electron chi connectivity index (χ3n) is 3.53. The van der Waals surface area contributed by atoms with Gasteiger partial charge in [-0.05, 0) is 42.5 Å². The Balaban J connectivity index is 1.85. The van der Waals surface area contributed by atoms with Crippen molar-refractivity contribution < 1.29 is 14.6 Å². The number of nitrogens with zero attached hydrogens (tertiary/aromatic N) is 1. The zero-order valence-electron chi connectivity index (χ0n) is 11.0. The minimum absolute atomic E-state index is 0.241. The number of pyridine rings is 1. The van der Waals surface area contributed by atoms with Crippen LogP contribution in [0.25, 0.3) is 10.8 Å². The molecule has 0 amide bonds. The van der Waals surface area contributed by atoms with Crippen LogP contribution >= 0.6 is 0 Å². The Morgan fingerprint density at radius 1 is 1.45 bits per heavy atom. The molecule has 0 saturated carbocycles. The number of carbonyl (C=O) groups is 1. The van der Waals surface area contributed by atoms with Gasteiger partial charge < -0.3 is 15.2 Å². The van der Waals surface area contributed by atoms with Gasteiger partial charge in [0.05, 0.1) is 11.7 Å². The highest BCUT2D eigenvalue weighted by Crippen LogP contribution is 2.23. The molecule has 1 atom stereocenters. The number of aromatic carboxylic acids is 1. The smallest absolute Gasteiger partial charge is 0.335 e. The molecule has 2 aromatic rings. The van der Waals surface area contributed by atoms with Crippen LogP contribution in [-0.4, -0.2) is 35.3 Å². The van der Waals surface area contributed by atoms with Gasteiger partial charge in [-0.1, -0.05) is 0 Å². The molecular weight excluding hydrogens is 256 g/mol. The van der Waals surface area contributed by atoms with Crippen molar-refractivity contribution in [3.63, 3.8) is 0 Å². The van der Waals surface area contributed by atoms with Gasteiger partial charge in [0.2, 0.25) is 0 Å². The number of hydrogen-bond donors (Lipinski definition) is 2. The monoisotopic (exact) mass is 272 g/mol. The second kappa shape index (κ2) is 5.46. The average Bonchev–Trinajstić information content (AvgIpc) is 2.97. The van der Waals surface area contributed by atoms with Crippen molar-refractivity contribution in [2.45, 2.75) is 18.9 Å². The number of carboxylic acid groups (broad SMARTS) is 1. The lowest BCUT2D eigenvalue weighted by Crippen LogP contribution is -2.19.